The van der Waals surface area contributed by atoms with Gasteiger partial charge in [-0.25, -0.2) is 9.78 Å². The second-order valence-corrected chi connectivity index (χ2v) is 5.34. The van der Waals surface area contributed by atoms with E-state index in [9.17, 15) is 4.79 Å². The van der Waals surface area contributed by atoms with E-state index in [1.54, 1.807) is 0 Å². The van der Waals surface area contributed by atoms with Crippen LogP contribution in [-0.2, 0) is 0 Å². The molecule has 5 nitrogen and oxygen atoms in total. The van der Waals surface area contributed by atoms with Crippen LogP contribution in [0.15, 0.2) is 21.3 Å². The van der Waals surface area contributed by atoms with Crippen LogP contribution in [0.3, 0.4) is 0 Å². The molecule has 1 aromatic carbocycles. The molecule has 0 unspecified atom stereocenters. The van der Waals surface area contributed by atoms with Crippen LogP contribution in [0, 0.1) is 0 Å². The van der Waals surface area contributed by atoms with Crippen molar-refractivity contribution in [3.63, 3.8) is 0 Å². The van der Waals surface area contributed by atoms with E-state index in [1.807, 2.05) is 12.1 Å². The minimum Gasteiger partial charge on any atom is -0.408 e. The lowest BCUT2D eigenvalue weighted by molar-refractivity contribution is 0.431. The van der Waals surface area contributed by atoms with Crippen LogP contribution in [0.2, 0.25) is 0 Å². The van der Waals surface area contributed by atoms with Crippen molar-refractivity contribution in [2.24, 2.45) is 0 Å². The Morgan fingerprint density at radius 1 is 1.11 bits per heavy atom. The SMILES string of the molecule is O=c1[nH]c2cc3[nH]c(C4CCCCC4)nc3cc2o1. The van der Waals surface area contributed by atoms with E-state index in [4.69, 9.17) is 4.42 Å². The first-order valence-corrected chi connectivity index (χ1v) is 6.82. The van der Waals surface area contributed by atoms with E-state index in [-0.39, 0.29) is 0 Å². The molecule has 1 aliphatic rings. The van der Waals surface area contributed by atoms with Crippen LogP contribution in [0.5, 0.6) is 0 Å². The normalized spacial score (nSPS) is 17.5. The van der Waals surface area contributed by atoms with Crippen molar-refractivity contribution < 1.29 is 4.42 Å². The van der Waals surface area contributed by atoms with Gasteiger partial charge in [-0.1, -0.05) is 19.3 Å². The molecule has 1 aliphatic carbocycles. The highest BCUT2D eigenvalue weighted by molar-refractivity contribution is 5.90. The van der Waals surface area contributed by atoms with Crippen molar-refractivity contribution in [2.45, 2.75) is 38.0 Å². The highest BCUT2D eigenvalue weighted by Gasteiger charge is 2.19. The Balaban J connectivity index is 1.83. The van der Waals surface area contributed by atoms with Gasteiger partial charge in [0.05, 0.1) is 16.6 Å². The molecule has 1 fully saturated rings. The second-order valence-electron chi connectivity index (χ2n) is 5.34. The van der Waals surface area contributed by atoms with Crippen LogP contribution in [0.4, 0.5) is 0 Å². The van der Waals surface area contributed by atoms with Gasteiger partial charge < -0.3 is 9.40 Å². The lowest BCUT2D eigenvalue weighted by atomic mass is 9.89. The number of hydrogen-bond acceptors (Lipinski definition) is 3. The molecule has 2 heterocycles. The molecule has 0 radical (unpaired) electrons. The van der Waals surface area contributed by atoms with Gasteiger partial charge in [0.15, 0.2) is 5.58 Å². The first kappa shape index (κ1) is 10.8. The molecule has 0 saturated heterocycles. The van der Waals surface area contributed by atoms with Gasteiger partial charge in [0.1, 0.15) is 5.82 Å². The Kier molecular flexibility index (Phi) is 2.27. The third-order valence-electron chi connectivity index (χ3n) is 4.03. The second kappa shape index (κ2) is 3.98. The van der Waals surface area contributed by atoms with Gasteiger partial charge in [-0.2, -0.15) is 0 Å². The summed E-state index contributed by atoms with van der Waals surface area (Å²) in [5.41, 5.74) is 3.12. The number of nitrogens with zero attached hydrogens (tertiary/aromatic N) is 1. The van der Waals surface area contributed by atoms with Crippen LogP contribution in [0.25, 0.3) is 22.1 Å². The van der Waals surface area contributed by atoms with Crippen LogP contribution in [0.1, 0.15) is 43.8 Å². The fourth-order valence-corrected chi connectivity index (χ4v) is 3.04. The summed E-state index contributed by atoms with van der Waals surface area (Å²) < 4.78 is 5.07. The summed E-state index contributed by atoms with van der Waals surface area (Å²) in [6.07, 6.45) is 6.35. The van der Waals surface area contributed by atoms with Gasteiger partial charge in [0, 0.05) is 12.0 Å². The first-order chi connectivity index (χ1) is 9.29. The molecule has 4 rings (SSSR count). The molecular formula is C14H15N3O2. The Morgan fingerprint density at radius 2 is 1.95 bits per heavy atom. The lowest BCUT2D eigenvalue weighted by Gasteiger charge is -2.18. The number of nitrogens with one attached hydrogen (secondary N) is 2. The van der Waals surface area contributed by atoms with Gasteiger partial charge in [0.25, 0.3) is 0 Å². The highest BCUT2D eigenvalue weighted by Crippen LogP contribution is 2.32. The zero-order chi connectivity index (χ0) is 12.8. The topological polar surface area (TPSA) is 74.7 Å². The molecular weight excluding hydrogens is 242 g/mol. The number of rotatable bonds is 1. The number of H-pyrrole nitrogens is 2. The number of imidazole rings is 1. The van der Waals surface area contributed by atoms with Crippen LogP contribution in [-0.4, -0.2) is 15.0 Å². The van der Waals surface area contributed by atoms with E-state index in [1.165, 1.54) is 32.1 Å². The summed E-state index contributed by atoms with van der Waals surface area (Å²) in [7, 11) is 0. The lowest BCUT2D eigenvalue weighted by Crippen LogP contribution is -2.05. The van der Waals surface area contributed by atoms with Crippen LogP contribution < -0.4 is 5.76 Å². The van der Waals surface area contributed by atoms with E-state index in [0.717, 1.165) is 22.4 Å². The quantitative estimate of drug-likeness (QED) is 0.703. The summed E-state index contributed by atoms with van der Waals surface area (Å²) in [6.45, 7) is 0. The number of benzene rings is 1. The van der Waals surface area contributed by atoms with Gasteiger partial charge in [-0.3, -0.25) is 4.98 Å². The standard InChI is InChI=1S/C14H15N3O2/c18-14-17-11-6-9-10(7-12(11)19-14)16-13(15-9)8-4-2-1-3-5-8/h6-8H,1-5H2,(H,15,16)(H,17,18). The minimum atomic E-state index is -0.421. The number of hydrogen-bond donors (Lipinski definition) is 2. The van der Waals surface area contributed by atoms with Gasteiger partial charge in [0.2, 0.25) is 0 Å². The summed E-state index contributed by atoms with van der Waals surface area (Å²) in [4.78, 5) is 21.9. The van der Waals surface area contributed by atoms with Crippen LogP contribution >= 0.6 is 0 Å². The highest BCUT2D eigenvalue weighted by atomic mass is 16.4. The molecule has 5 heteroatoms. The minimum absolute atomic E-state index is 0.421. The number of fused-ring (bicyclic) bond motifs is 2. The molecule has 98 valence electrons. The van der Waals surface area contributed by atoms with Crippen molar-refractivity contribution in [1.82, 2.24) is 15.0 Å². The largest absolute Gasteiger partial charge is 0.417 e. The maximum atomic E-state index is 11.2. The Morgan fingerprint density at radius 3 is 2.79 bits per heavy atom. The van der Waals surface area contributed by atoms with Crippen molar-refractivity contribution in [1.29, 1.82) is 0 Å². The summed E-state index contributed by atoms with van der Waals surface area (Å²) in [6, 6.07) is 3.72. The molecule has 0 bridgehead atoms. The van der Waals surface area contributed by atoms with E-state index in [0.29, 0.717) is 11.5 Å². The zero-order valence-electron chi connectivity index (χ0n) is 10.5. The molecule has 2 N–H and O–H groups in total. The first-order valence-electron chi connectivity index (χ1n) is 6.82. The monoisotopic (exact) mass is 257 g/mol. The van der Waals surface area contributed by atoms with Gasteiger partial charge >= 0.3 is 5.76 Å². The molecule has 0 amide bonds. The molecule has 0 spiro atoms. The predicted molar refractivity (Wildman–Crippen MR) is 72.3 cm³/mol. The van der Waals surface area contributed by atoms with E-state index in [2.05, 4.69) is 15.0 Å². The predicted octanol–water partition coefficient (Wildman–Crippen LogP) is 3.05. The van der Waals surface area contributed by atoms with Crippen molar-refractivity contribution >= 4 is 22.1 Å². The van der Waals surface area contributed by atoms with Gasteiger partial charge in [-0.05, 0) is 18.9 Å². The fraction of sp³-hybridized carbons (Fsp3) is 0.429. The number of oxazole rings is 1. The average molecular weight is 257 g/mol. The smallest absolute Gasteiger partial charge is 0.408 e. The van der Waals surface area contributed by atoms with E-state index >= 15 is 0 Å². The maximum Gasteiger partial charge on any atom is 0.417 e. The number of aromatic nitrogens is 3. The van der Waals surface area contributed by atoms with E-state index < -0.39 is 5.76 Å². The molecule has 0 aliphatic heterocycles. The fourth-order valence-electron chi connectivity index (χ4n) is 3.04. The molecule has 3 aromatic rings. The third-order valence-corrected chi connectivity index (χ3v) is 4.03. The Labute approximate surface area is 109 Å². The van der Waals surface area contributed by atoms with Crippen molar-refractivity contribution in [3.8, 4) is 0 Å². The Hall–Kier alpha value is -2.04. The van der Waals surface area contributed by atoms with Gasteiger partial charge in [-0.15, -0.1) is 0 Å². The molecule has 2 aromatic heterocycles. The number of aromatic amines is 2. The zero-order valence-corrected chi connectivity index (χ0v) is 10.5. The molecule has 1 saturated carbocycles. The summed E-state index contributed by atoms with van der Waals surface area (Å²) in [5, 5.41) is 0. The molecule has 19 heavy (non-hydrogen) atoms. The van der Waals surface area contributed by atoms with Crippen molar-refractivity contribution in [2.75, 3.05) is 0 Å². The molecule has 0 atom stereocenters. The average Bonchev–Trinajstić information content (AvgIpc) is 2.98. The Bertz CT molecular complexity index is 736. The summed E-state index contributed by atoms with van der Waals surface area (Å²) >= 11 is 0. The third kappa shape index (κ3) is 1.77. The summed E-state index contributed by atoms with van der Waals surface area (Å²) in [5.74, 6) is 1.20. The maximum absolute atomic E-state index is 11.2. The van der Waals surface area contributed by atoms with Crippen molar-refractivity contribution in [3.05, 3.63) is 28.5 Å².